The van der Waals surface area contributed by atoms with Crippen LogP contribution in [0.4, 0.5) is 4.39 Å². The van der Waals surface area contributed by atoms with Crippen molar-refractivity contribution in [1.82, 2.24) is 19.4 Å². The quantitative estimate of drug-likeness (QED) is 0.804. The van der Waals surface area contributed by atoms with E-state index in [1.54, 1.807) is 12.1 Å². The number of hydrogen-bond donors (Lipinski definition) is 0. The molecule has 2 heterocycles. The van der Waals surface area contributed by atoms with Gasteiger partial charge in [-0.15, -0.1) is 0 Å². The van der Waals surface area contributed by atoms with E-state index in [-0.39, 0.29) is 5.82 Å². The van der Waals surface area contributed by atoms with Crippen LogP contribution in [0.2, 0.25) is 0 Å². The van der Waals surface area contributed by atoms with Gasteiger partial charge >= 0.3 is 0 Å². The Morgan fingerprint density at radius 2 is 1.96 bits per heavy atom. The molecule has 0 aliphatic carbocycles. The summed E-state index contributed by atoms with van der Waals surface area (Å²) in [6.45, 7) is 10.9. The number of benzene rings is 1. The molecule has 4 nitrogen and oxygen atoms in total. The standard InChI is InChI=1S/C20H29FN4/c1-17(2)20-15-23(12-13-24-11-8-22-16-24)9-3-10-25(20)14-18-4-6-19(21)7-5-18/h4-8,11,16-17,20H,3,9-10,12-15H2,1-2H3/t20-/m1/s1. The minimum Gasteiger partial charge on any atom is -0.336 e. The molecule has 3 rings (SSSR count). The number of imidazole rings is 1. The van der Waals surface area contributed by atoms with Crippen molar-refractivity contribution in [3.63, 3.8) is 0 Å². The van der Waals surface area contributed by atoms with Gasteiger partial charge in [0.2, 0.25) is 0 Å². The summed E-state index contributed by atoms with van der Waals surface area (Å²) < 4.78 is 15.3. The van der Waals surface area contributed by atoms with Gasteiger partial charge in [0, 0.05) is 51.2 Å². The number of halogens is 1. The van der Waals surface area contributed by atoms with E-state index in [1.807, 2.05) is 30.9 Å². The molecule has 25 heavy (non-hydrogen) atoms. The highest BCUT2D eigenvalue weighted by Gasteiger charge is 2.27. The SMILES string of the molecule is CC(C)[C@H]1CN(CCn2ccnc2)CCCN1Cc1ccc(F)cc1. The predicted octanol–water partition coefficient (Wildman–Crippen LogP) is 3.25. The lowest BCUT2D eigenvalue weighted by molar-refractivity contribution is 0.131. The van der Waals surface area contributed by atoms with Gasteiger partial charge in [-0.05, 0) is 36.6 Å². The number of aromatic nitrogens is 2. The Morgan fingerprint density at radius 3 is 2.64 bits per heavy atom. The second kappa shape index (κ2) is 8.59. The Hall–Kier alpha value is -1.72. The maximum atomic E-state index is 13.2. The molecule has 0 saturated carbocycles. The molecule has 5 heteroatoms. The van der Waals surface area contributed by atoms with Crippen LogP contribution in [0.1, 0.15) is 25.8 Å². The molecule has 2 aromatic rings. The van der Waals surface area contributed by atoms with Crippen molar-refractivity contribution < 1.29 is 4.39 Å². The molecule has 0 bridgehead atoms. The molecule has 0 spiro atoms. The lowest BCUT2D eigenvalue weighted by atomic mass is 10.0. The molecular formula is C20H29FN4. The van der Waals surface area contributed by atoms with Crippen LogP contribution in [0.15, 0.2) is 43.0 Å². The summed E-state index contributed by atoms with van der Waals surface area (Å²) >= 11 is 0. The summed E-state index contributed by atoms with van der Waals surface area (Å²) in [6, 6.07) is 7.47. The molecule has 1 aliphatic rings. The highest BCUT2D eigenvalue weighted by molar-refractivity contribution is 5.16. The first-order valence-corrected chi connectivity index (χ1v) is 9.28. The van der Waals surface area contributed by atoms with Crippen LogP contribution in [0.25, 0.3) is 0 Å². The predicted molar refractivity (Wildman–Crippen MR) is 98.7 cm³/mol. The van der Waals surface area contributed by atoms with Gasteiger partial charge in [-0.1, -0.05) is 26.0 Å². The van der Waals surface area contributed by atoms with Crippen LogP contribution in [0, 0.1) is 11.7 Å². The molecule has 1 fully saturated rings. The summed E-state index contributed by atoms with van der Waals surface area (Å²) in [6.07, 6.45) is 6.93. The van der Waals surface area contributed by atoms with E-state index in [2.05, 4.69) is 33.2 Å². The van der Waals surface area contributed by atoms with Gasteiger partial charge in [-0.3, -0.25) is 9.80 Å². The molecule has 1 atom stereocenters. The third-order valence-electron chi connectivity index (χ3n) is 5.14. The minimum atomic E-state index is -0.161. The minimum absolute atomic E-state index is 0.161. The Bertz CT molecular complexity index is 624. The Morgan fingerprint density at radius 1 is 1.16 bits per heavy atom. The van der Waals surface area contributed by atoms with Gasteiger partial charge in [-0.2, -0.15) is 0 Å². The summed E-state index contributed by atoms with van der Waals surface area (Å²) in [7, 11) is 0. The summed E-state index contributed by atoms with van der Waals surface area (Å²) in [5, 5.41) is 0. The van der Waals surface area contributed by atoms with E-state index in [4.69, 9.17) is 0 Å². The number of nitrogens with zero attached hydrogens (tertiary/aromatic N) is 4. The zero-order valence-electron chi connectivity index (χ0n) is 15.3. The molecule has 136 valence electrons. The highest BCUT2D eigenvalue weighted by atomic mass is 19.1. The monoisotopic (exact) mass is 344 g/mol. The topological polar surface area (TPSA) is 24.3 Å². The molecule has 1 saturated heterocycles. The van der Waals surface area contributed by atoms with E-state index in [9.17, 15) is 4.39 Å². The van der Waals surface area contributed by atoms with Crippen LogP contribution >= 0.6 is 0 Å². The molecule has 1 aliphatic heterocycles. The molecule has 0 radical (unpaired) electrons. The van der Waals surface area contributed by atoms with E-state index >= 15 is 0 Å². The molecule has 1 aromatic carbocycles. The number of rotatable bonds is 6. The average Bonchev–Trinajstić information content (AvgIpc) is 3.03. The maximum Gasteiger partial charge on any atom is 0.123 e. The van der Waals surface area contributed by atoms with Gasteiger partial charge in [0.15, 0.2) is 0 Å². The average molecular weight is 344 g/mol. The Kier molecular flexibility index (Phi) is 6.21. The maximum absolute atomic E-state index is 13.2. The third kappa shape index (κ3) is 5.13. The van der Waals surface area contributed by atoms with E-state index in [1.165, 1.54) is 12.0 Å². The second-order valence-corrected chi connectivity index (χ2v) is 7.36. The summed E-state index contributed by atoms with van der Waals surface area (Å²) in [5.41, 5.74) is 1.19. The molecule has 1 aromatic heterocycles. The van der Waals surface area contributed by atoms with Crippen LogP contribution in [-0.4, -0.2) is 51.6 Å². The Labute approximate surface area is 150 Å². The lowest BCUT2D eigenvalue weighted by Gasteiger charge is -2.34. The van der Waals surface area contributed by atoms with Crippen molar-refractivity contribution in [1.29, 1.82) is 0 Å². The highest BCUT2D eigenvalue weighted by Crippen LogP contribution is 2.20. The van der Waals surface area contributed by atoms with Gasteiger partial charge in [-0.25, -0.2) is 9.37 Å². The van der Waals surface area contributed by atoms with Gasteiger partial charge in [0.05, 0.1) is 6.33 Å². The first-order chi connectivity index (χ1) is 12.1. The van der Waals surface area contributed by atoms with Gasteiger partial charge in [0.25, 0.3) is 0 Å². The van der Waals surface area contributed by atoms with Crippen molar-refractivity contribution in [3.05, 3.63) is 54.4 Å². The summed E-state index contributed by atoms with van der Waals surface area (Å²) in [4.78, 5) is 9.28. The smallest absolute Gasteiger partial charge is 0.123 e. The first-order valence-electron chi connectivity index (χ1n) is 9.28. The van der Waals surface area contributed by atoms with Crippen molar-refractivity contribution in [3.8, 4) is 0 Å². The van der Waals surface area contributed by atoms with Crippen molar-refractivity contribution in [2.75, 3.05) is 26.2 Å². The Balaban J connectivity index is 1.62. The van der Waals surface area contributed by atoms with Crippen LogP contribution < -0.4 is 0 Å². The third-order valence-corrected chi connectivity index (χ3v) is 5.14. The van der Waals surface area contributed by atoms with E-state index < -0.39 is 0 Å². The van der Waals surface area contributed by atoms with Gasteiger partial charge < -0.3 is 4.57 Å². The van der Waals surface area contributed by atoms with E-state index in [0.29, 0.717) is 12.0 Å². The summed E-state index contributed by atoms with van der Waals surface area (Å²) in [5.74, 6) is 0.431. The zero-order valence-corrected chi connectivity index (χ0v) is 15.3. The molecule has 0 N–H and O–H groups in total. The van der Waals surface area contributed by atoms with Gasteiger partial charge in [0.1, 0.15) is 5.82 Å². The van der Waals surface area contributed by atoms with Crippen molar-refractivity contribution in [2.45, 2.75) is 39.4 Å². The normalized spacial score (nSPS) is 20.1. The molecule has 0 unspecified atom stereocenters. The lowest BCUT2D eigenvalue weighted by Crippen LogP contribution is -2.44. The fourth-order valence-corrected chi connectivity index (χ4v) is 3.67. The first kappa shape index (κ1) is 18.1. The van der Waals surface area contributed by atoms with Crippen molar-refractivity contribution in [2.24, 2.45) is 5.92 Å². The van der Waals surface area contributed by atoms with E-state index in [0.717, 1.165) is 39.3 Å². The largest absolute Gasteiger partial charge is 0.336 e. The fraction of sp³-hybridized carbons (Fsp3) is 0.550. The number of hydrogen-bond acceptors (Lipinski definition) is 3. The zero-order chi connectivity index (χ0) is 17.6. The van der Waals surface area contributed by atoms with Crippen LogP contribution in [0.5, 0.6) is 0 Å². The van der Waals surface area contributed by atoms with Crippen LogP contribution in [-0.2, 0) is 13.1 Å². The van der Waals surface area contributed by atoms with Crippen LogP contribution in [0.3, 0.4) is 0 Å². The second-order valence-electron chi connectivity index (χ2n) is 7.36. The fourth-order valence-electron chi connectivity index (χ4n) is 3.67. The van der Waals surface area contributed by atoms with Crippen molar-refractivity contribution >= 4 is 0 Å². The molecular weight excluding hydrogens is 315 g/mol. The molecule has 0 amide bonds.